The summed E-state index contributed by atoms with van der Waals surface area (Å²) in [6.07, 6.45) is 0. The highest BCUT2D eigenvalue weighted by atomic mass is 16.6. The lowest BCUT2D eigenvalue weighted by Gasteiger charge is -2.31. The Morgan fingerprint density at radius 1 is 0.377 bits per heavy atom. The summed E-state index contributed by atoms with van der Waals surface area (Å²) >= 11 is 0. The molecule has 53 heavy (non-hydrogen) atoms. The van der Waals surface area contributed by atoms with E-state index in [-0.39, 0.29) is 39.5 Å². The lowest BCUT2D eigenvalue weighted by molar-refractivity contribution is -0.0642. The van der Waals surface area contributed by atoms with Crippen LogP contribution in [0.5, 0.6) is 34.5 Å². The molecule has 0 unspecified atom stereocenters. The summed E-state index contributed by atoms with van der Waals surface area (Å²) in [4.78, 5) is 53.4. The van der Waals surface area contributed by atoms with Gasteiger partial charge >= 0.3 is 23.9 Å². The highest BCUT2D eigenvalue weighted by molar-refractivity contribution is 5.92. The van der Waals surface area contributed by atoms with Crippen molar-refractivity contribution in [1.29, 1.82) is 0 Å². The van der Waals surface area contributed by atoms with Crippen molar-refractivity contribution in [3.63, 3.8) is 0 Å². The Hall–Kier alpha value is -6.44. The number of ether oxygens (including phenoxy) is 10. The first kappa shape index (κ1) is 39.3. The van der Waals surface area contributed by atoms with Gasteiger partial charge < -0.3 is 47.4 Å². The number of carbonyl (C=O) groups is 4. The van der Waals surface area contributed by atoms with E-state index in [2.05, 4.69) is 0 Å². The van der Waals surface area contributed by atoms with Crippen LogP contribution >= 0.6 is 0 Å². The maximum atomic E-state index is 13.4. The predicted molar refractivity (Wildman–Crippen MR) is 189 cm³/mol. The minimum absolute atomic E-state index is 0.0995. The van der Waals surface area contributed by atoms with E-state index in [1.807, 2.05) is 0 Å². The van der Waals surface area contributed by atoms with Crippen LogP contribution in [0.2, 0.25) is 0 Å². The molecule has 0 atom stereocenters. The molecule has 280 valence electrons. The Kier molecular flexibility index (Phi) is 13.9. The second kappa shape index (κ2) is 18.7. The number of hydrogen-bond acceptors (Lipinski definition) is 14. The topological polar surface area (TPSA) is 161 Å². The molecule has 0 saturated heterocycles. The lowest BCUT2D eigenvalue weighted by Crippen LogP contribution is -2.44. The van der Waals surface area contributed by atoms with Crippen LogP contribution in [0.15, 0.2) is 84.9 Å². The van der Waals surface area contributed by atoms with Crippen LogP contribution in [0.3, 0.4) is 0 Å². The maximum absolute atomic E-state index is 13.4. The molecule has 0 amide bonds. The third-order valence-electron chi connectivity index (χ3n) is 7.91. The van der Waals surface area contributed by atoms with Crippen LogP contribution in [-0.2, 0) is 18.9 Å². The fourth-order valence-electron chi connectivity index (χ4n) is 4.92. The molecule has 0 aliphatic carbocycles. The van der Waals surface area contributed by atoms with E-state index in [0.717, 1.165) is 0 Å². The number of rotatable bonds is 18. The van der Waals surface area contributed by atoms with E-state index in [4.69, 9.17) is 47.4 Å². The molecule has 0 N–H and O–H groups in total. The maximum Gasteiger partial charge on any atom is 0.338 e. The van der Waals surface area contributed by atoms with Crippen molar-refractivity contribution in [2.45, 2.75) is 0 Å². The number of esters is 4. The van der Waals surface area contributed by atoms with Gasteiger partial charge in [-0.1, -0.05) is 18.2 Å². The highest BCUT2D eigenvalue weighted by Gasteiger charge is 2.39. The van der Waals surface area contributed by atoms with Gasteiger partial charge in [0.15, 0.2) is 34.5 Å². The van der Waals surface area contributed by atoms with Crippen molar-refractivity contribution in [3.05, 3.63) is 107 Å². The van der Waals surface area contributed by atoms with Crippen molar-refractivity contribution in [2.75, 3.05) is 69.1 Å². The number of methoxy groups -OCH3 is 6. The van der Waals surface area contributed by atoms with E-state index in [1.54, 1.807) is 30.3 Å². The number of hydrogen-bond donors (Lipinski definition) is 0. The predicted octanol–water partition coefficient (Wildman–Crippen LogP) is 5.45. The minimum atomic E-state index is -1.63. The second-order valence-corrected chi connectivity index (χ2v) is 11.4. The third-order valence-corrected chi connectivity index (χ3v) is 7.91. The molecule has 0 aliphatic heterocycles. The molecular formula is C39H40O14. The minimum Gasteiger partial charge on any atom is -0.493 e. The van der Waals surface area contributed by atoms with Gasteiger partial charge in [-0.15, -0.1) is 0 Å². The average molecular weight is 733 g/mol. The molecule has 0 radical (unpaired) electrons. The fraction of sp³-hybridized carbons (Fsp3) is 0.282. The van der Waals surface area contributed by atoms with Crippen LogP contribution in [-0.4, -0.2) is 93.0 Å². The standard InChI is InChI=1S/C39H40O14/c1-44-29-15-12-26(18-32(29)47-4)36(41)51-22-39(21-50-35(40)25-10-8-7-9-11-25,23-52-37(42)27-13-16-30(45-2)33(19-27)48-5)24-53-38(43)28-14-17-31(46-3)34(20-28)49-6/h7-20H,21-24H2,1-6H3. The van der Waals surface area contributed by atoms with Gasteiger partial charge in [-0.25, -0.2) is 19.2 Å². The van der Waals surface area contributed by atoms with Gasteiger partial charge in [0, 0.05) is 0 Å². The Morgan fingerprint density at radius 2 is 0.660 bits per heavy atom. The molecule has 0 saturated carbocycles. The summed E-state index contributed by atoms with van der Waals surface area (Å²) in [5.41, 5.74) is -1.10. The lowest BCUT2D eigenvalue weighted by atomic mass is 9.92. The van der Waals surface area contributed by atoms with Gasteiger partial charge in [0.25, 0.3) is 0 Å². The quantitative estimate of drug-likeness (QED) is 0.0938. The molecule has 0 heterocycles. The third kappa shape index (κ3) is 10.1. The monoisotopic (exact) mass is 732 g/mol. The fourth-order valence-corrected chi connectivity index (χ4v) is 4.92. The van der Waals surface area contributed by atoms with E-state index in [9.17, 15) is 19.2 Å². The summed E-state index contributed by atoms with van der Waals surface area (Å²) < 4.78 is 54.6. The molecule has 0 fully saturated rings. The molecule has 0 spiro atoms. The largest absolute Gasteiger partial charge is 0.493 e. The van der Waals surface area contributed by atoms with Crippen molar-refractivity contribution in [2.24, 2.45) is 5.41 Å². The average Bonchev–Trinajstić information content (AvgIpc) is 3.21. The van der Waals surface area contributed by atoms with Crippen LogP contribution in [0.1, 0.15) is 41.4 Å². The summed E-state index contributed by atoms with van der Waals surface area (Å²) in [7, 11) is 8.60. The van der Waals surface area contributed by atoms with Crippen LogP contribution in [0.25, 0.3) is 0 Å². The van der Waals surface area contributed by atoms with Gasteiger partial charge in [0.1, 0.15) is 31.8 Å². The Labute approximate surface area is 306 Å². The second-order valence-electron chi connectivity index (χ2n) is 11.4. The molecule has 4 aromatic carbocycles. The van der Waals surface area contributed by atoms with E-state index in [0.29, 0.717) is 17.2 Å². The Morgan fingerprint density at radius 3 is 0.943 bits per heavy atom. The SMILES string of the molecule is COc1ccc(C(=O)OCC(COC(=O)c2ccccc2)(COC(=O)c2ccc(OC)c(OC)c2)COC(=O)c2ccc(OC)c(OC)c2)cc1OC. The van der Waals surface area contributed by atoms with Crippen molar-refractivity contribution < 1.29 is 66.5 Å². The highest BCUT2D eigenvalue weighted by Crippen LogP contribution is 2.31. The van der Waals surface area contributed by atoms with Gasteiger partial charge in [0.05, 0.1) is 64.9 Å². The summed E-state index contributed by atoms with van der Waals surface area (Å²) in [5.74, 6) is -1.15. The molecular weight excluding hydrogens is 692 g/mol. The Balaban J connectivity index is 1.68. The van der Waals surface area contributed by atoms with Gasteiger partial charge in [0.2, 0.25) is 0 Å². The summed E-state index contributed by atoms with van der Waals surface area (Å²) in [5, 5.41) is 0. The van der Waals surface area contributed by atoms with E-state index in [1.165, 1.54) is 97.3 Å². The first-order valence-electron chi connectivity index (χ1n) is 16.0. The zero-order valence-corrected chi connectivity index (χ0v) is 30.1. The van der Waals surface area contributed by atoms with Crippen molar-refractivity contribution >= 4 is 23.9 Å². The van der Waals surface area contributed by atoms with E-state index < -0.39 is 55.7 Å². The van der Waals surface area contributed by atoms with Crippen molar-refractivity contribution in [1.82, 2.24) is 0 Å². The zero-order chi connectivity index (χ0) is 38.4. The van der Waals surface area contributed by atoms with Gasteiger partial charge in [-0.3, -0.25) is 0 Å². The Bertz CT molecular complexity index is 1720. The zero-order valence-electron chi connectivity index (χ0n) is 30.1. The van der Waals surface area contributed by atoms with Crippen LogP contribution in [0, 0.1) is 5.41 Å². The van der Waals surface area contributed by atoms with Crippen LogP contribution < -0.4 is 28.4 Å². The van der Waals surface area contributed by atoms with Gasteiger partial charge in [-0.2, -0.15) is 0 Å². The molecule has 0 aromatic heterocycles. The molecule has 14 nitrogen and oxygen atoms in total. The molecule has 4 rings (SSSR count). The smallest absolute Gasteiger partial charge is 0.338 e. The molecule has 4 aromatic rings. The van der Waals surface area contributed by atoms with Crippen LogP contribution in [0.4, 0.5) is 0 Å². The summed E-state index contributed by atoms with van der Waals surface area (Å²) in [6.45, 7) is -2.14. The van der Waals surface area contributed by atoms with E-state index >= 15 is 0 Å². The van der Waals surface area contributed by atoms with Gasteiger partial charge in [-0.05, 0) is 66.7 Å². The van der Waals surface area contributed by atoms with Crippen molar-refractivity contribution in [3.8, 4) is 34.5 Å². The molecule has 0 bridgehead atoms. The normalized spacial score (nSPS) is 10.7. The molecule has 14 heteroatoms. The first-order chi connectivity index (χ1) is 25.6. The summed E-state index contributed by atoms with van der Waals surface area (Å²) in [6, 6.07) is 21.4. The number of carbonyl (C=O) groups excluding carboxylic acids is 4. The first-order valence-corrected chi connectivity index (χ1v) is 16.0. The molecule has 0 aliphatic rings. The number of benzene rings is 4.